The van der Waals surface area contributed by atoms with E-state index in [1.807, 2.05) is 0 Å². The molecule has 18 heteroatoms. The number of rotatable bonds is 16. The van der Waals surface area contributed by atoms with Gasteiger partial charge in [0.1, 0.15) is 67.1 Å². The zero-order valence-corrected chi connectivity index (χ0v) is 27.8. The minimum atomic E-state index is -2.13. The molecule has 2 aromatic rings. The van der Waals surface area contributed by atoms with Crippen LogP contribution in [0.15, 0.2) is 54.6 Å². The van der Waals surface area contributed by atoms with E-state index < -0.39 is 118 Å². The maximum absolute atomic E-state index is 13.4. The van der Waals surface area contributed by atoms with E-state index in [-0.39, 0.29) is 17.6 Å². The third-order valence-electron chi connectivity index (χ3n) is 8.87. The molecule has 18 nitrogen and oxygen atoms in total. The van der Waals surface area contributed by atoms with Crippen LogP contribution in [0.1, 0.15) is 34.3 Å². The van der Waals surface area contributed by atoms with E-state index in [0.29, 0.717) is 11.1 Å². The molecule has 2 aromatic carbocycles. The Kier molecular flexibility index (Phi) is 14.9. The Bertz CT molecular complexity index is 1460. The molecule has 0 saturated carbocycles. The quantitative estimate of drug-likeness (QED) is 0.0444. The van der Waals surface area contributed by atoms with Crippen molar-refractivity contribution >= 4 is 18.0 Å². The second kappa shape index (κ2) is 18.6. The van der Waals surface area contributed by atoms with Crippen molar-refractivity contribution in [3.05, 3.63) is 71.3 Å². The fourth-order valence-electron chi connectivity index (χ4n) is 5.58. The normalized spacial score (nSPS) is 32.2. The number of ketones is 1. The number of aldehydes is 1. The first-order chi connectivity index (χ1) is 24.7. The van der Waals surface area contributed by atoms with Crippen molar-refractivity contribution in [1.82, 2.24) is 0 Å². The fraction of sp³-hybridized carbons (Fsp3) is 0.559. The number of carbonyl (C=O) groups excluding carboxylic acids is 3. The molecular weight excluding hydrogens is 696 g/mol. The number of aliphatic hydroxyl groups is 10. The van der Waals surface area contributed by atoms with Gasteiger partial charge in [0.25, 0.3) is 0 Å². The first-order valence-corrected chi connectivity index (χ1v) is 16.3. The lowest BCUT2D eigenvalue weighted by Gasteiger charge is -2.43. The Balaban J connectivity index is 1.51. The van der Waals surface area contributed by atoms with Crippen molar-refractivity contribution in [3.8, 4) is 0 Å². The highest BCUT2D eigenvalue weighted by atomic mass is 16.7. The zero-order valence-electron chi connectivity index (χ0n) is 27.8. The predicted octanol–water partition coefficient (Wildman–Crippen LogP) is -4.14. The molecule has 15 atom stereocenters. The molecule has 2 fully saturated rings. The molecule has 0 amide bonds. The lowest BCUT2D eigenvalue weighted by molar-refractivity contribution is -0.334. The van der Waals surface area contributed by atoms with E-state index in [2.05, 4.69) is 0 Å². The monoisotopic (exact) mass is 740 g/mol. The van der Waals surface area contributed by atoms with Crippen LogP contribution < -0.4 is 0 Å². The molecular formula is C34H44O18. The van der Waals surface area contributed by atoms with Crippen molar-refractivity contribution in [1.29, 1.82) is 0 Å². The van der Waals surface area contributed by atoms with Crippen molar-refractivity contribution in [2.24, 2.45) is 0 Å². The molecule has 2 heterocycles. The highest BCUT2D eigenvalue weighted by Gasteiger charge is 2.50. The van der Waals surface area contributed by atoms with Crippen LogP contribution >= 0.6 is 0 Å². The molecule has 0 spiro atoms. The zero-order chi connectivity index (χ0) is 38.3. The summed E-state index contributed by atoms with van der Waals surface area (Å²) >= 11 is 0. The van der Waals surface area contributed by atoms with E-state index in [1.165, 1.54) is 13.0 Å². The number of carbonyl (C=O) groups is 3. The van der Waals surface area contributed by atoms with Gasteiger partial charge in [-0.15, -0.1) is 0 Å². The molecule has 2 aliphatic heterocycles. The molecule has 52 heavy (non-hydrogen) atoms. The summed E-state index contributed by atoms with van der Waals surface area (Å²) in [5.41, 5.74) is 1.04. The highest BCUT2D eigenvalue weighted by molar-refractivity contribution is 6.09. The lowest BCUT2D eigenvalue weighted by Crippen LogP contribution is -2.62. The van der Waals surface area contributed by atoms with Crippen LogP contribution in [0.4, 0.5) is 0 Å². The number of hydrogen-bond acceptors (Lipinski definition) is 18. The summed E-state index contributed by atoms with van der Waals surface area (Å²) in [6, 6.07) is 14.6. The standard InChI is InChI=1S/C34H44O18/c1-15(17-8-5-9-18(10-17)23(39)16-6-3-2-4-7-16)32(47)52-31-29(45)27(43)22(14-49-33-30(46)28(44)26(42)21(12-36)50-33)51-34(31)48-13-20(38)25(41)24(40)19(37)11-35/h2-11,15,19-22,24-31,33-34,36-38,40-46H,12-14H2,1H3/t15?,19-,20+,21+,22+,24+,25+,26+,27+,28-,29-,30+,31+,33-,34-/m0/s1. The van der Waals surface area contributed by atoms with Crippen LogP contribution in [-0.4, -0.2) is 175 Å². The van der Waals surface area contributed by atoms with E-state index in [9.17, 15) is 65.4 Å². The third-order valence-corrected chi connectivity index (χ3v) is 8.87. The summed E-state index contributed by atoms with van der Waals surface area (Å²) < 4.78 is 27.5. The van der Waals surface area contributed by atoms with Crippen molar-refractivity contribution in [2.45, 2.75) is 98.7 Å². The van der Waals surface area contributed by atoms with E-state index in [0.717, 1.165) is 0 Å². The van der Waals surface area contributed by atoms with E-state index in [4.69, 9.17) is 23.7 Å². The summed E-state index contributed by atoms with van der Waals surface area (Å²) in [4.78, 5) is 37.3. The summed E-state index contributed by atoms with van der Waals surface area (Å²) in [5, 5.41) is 102. The van der Waals surface area contributed by atoms with Crippen LogP contribution in [0.5, 0.6) is 0 Å². The van der Waals surface area contributed by atoms with Gasteiger partial charge in [-0.1, -0.05) is 48.5 Å². The van der Waals surface area contributed by atoms with Gasteiger partial charge in [0.05, 0.1) is 25.7 Å². The summed E-state index contributed by atoms with van der Waals surface area (Å²) in [7, 11) is 0. The SMILES string of the molecule is CC(C(=O)O[C@H]1[C@@H](OC[C@@H](O)[C@@H](O)[C@H](O)[C@@H](O)C=O)O[C@H](CO[C@H]2O[C@H](CO)[C@@H](O)[C@H](O)[C@H]2O)[C@@H](O)[C@@H]1O)c1cccc(C(=O)c2ccccc2)c1. The average molecular weight is 741 g/mol. The molecule has 1 unspecified atom stereocenters. The van der Waals surface area contributed by atoms with Crippen LogP contribution in [0.3, 0.4) is 0 Å². The molecule has 2 aliphatic rings. The number of aliphatic hydroxyl groups excluding tert-OH is 10. The molecule has 10 N–H and O–H groups in total. The van der Waals surface area contributed by atoms with Gasteiger partial charge >= 0.3 is 5.97 Å². The van der Waals surface area contributed by atoms with Gasteiger partial charge in [-0.3, -0.25) is 9.59 Å². The molecule has 0 aliphatic carbocycles. The second-order valence-electron chi connectivity index (χ2n) is 12.5. The molecule has 4 rings (SSSR count). The lowest BCUT2D eigenvalue weighted by atomic mass is 9.95. The minimum absolute atomic E-state index is 0.0760. The Morgan fingerprint density at radius 3 is 2.06 bits per heavy atom. The average Bonchev–Trinajstić information content (AvgIpc) is 3.17. The molecule has 0 bridgehead atoms. The fourth-order valence-corrected chi connectivity index (χ4v) is 5.58. The number of ether oxygens (including phenoxy) is 5. The Labute approximate surface area is 297 Å². The van der Waals surface area contributed by atoms with Crippen molar-refractivity contribution in [2.75, 3.05) is 19.8 Å². The topological polar surface area (TPSA) is 300 Å². The van der Waals surface area contributed by atoms with Gasteiger partial charge in [0.15, 0.2) is 30.8 Å². The first kappa shape index (κ1) is 41.4. The number of esters is 1. The van der Waals surface area contributed by atoms with E-state index in [1.54, 1.807) is 48.5 Å². The first-order valence-electron chi connectivity index (χ1n) is 16.3. The predicted molar refractivity (Wildman–Crippen MR) is 171 cm³/mol. The Hall–Kier alpha value is -3.31. The number of hydrogen-bond donors (Lipinski definition) is 10. The molecule has 0 radical (unpaired) electrons. The Morgan fingerprint density at radius 1 is 0.769 bits per heavy atom. The smallest absolute Gasteiger partial charge is 0.313 e. The van der Waals surface area contributed by atoms with E-state index >= 15 is 0 Å². The van der Waals surface area contributed by atoms with Gasteiger partial charge in [-0.2, -0.15) is 0 Å². The maximum atomic E-state index is 13.4. The van der Waals surface area contributed by atoms with Crippen molar-refractivity contribution < 1.29 is 89.1 Å². The van der Waals surface area contributed by atoms with Crippen LogP contribution in [0.2, 0.25) is 0 Å². The summed E-state index contributed by atoms with van der Waals surface area (Å²) in [6.07, 6.45) is -25.7. The third kappa shape index (κ3) is 9.61. The van der Waals surface area contributed by atoms with Crippen LogP contribution in [-0.2, 0) is 33.3 Å². The maximum Gasteiger partial charge on any atom is 0.313 e. The number of benzene rings is 2. The van der Waals surface area contributed by atoms with Gasteiger partial charge in [0.2, 0.25) is 0 Å². The van der Waals surface area contributed by atoms with Crippen LogP contribution in [0.25, 0.3) is 0 Å². The van der Waals surface area contributed by atoms with Gasteiger partial charge < -0.3 is 79.5 Å². The molecule has 2 saturated heterocycles. The molecule has 0 aromatic heterocycles. The van der Waals surface area contributed by atoms with Crippen molar-refractivity contribution in [3.63, 3.8) is 0 Å². The summed E-state index contributed by atoms with van der Waals surface area (Å²) in [5.74, 6) is -2.34. The Morgan fingerprint density at radius 2 is 1.40 bits per heavy atom. The van der Waals surface area contributed by atoms with Crippen LogP contribution in [0, 0.1) is 0 Å². The van der Waals surface area contributed by atoms with Gasteiger partial charge in [-0.25, -0.2) is 0 Å². The highest BCUT2D eigenvalue weighted by Crippen LogP contribution is 2.30. The largest absolute Gasteiger partial charge is 0.454 e. The summed E-state index contributed by atoms with van der Waals surface area (Å²) in [6.45, 7) is -0.915. The molecule has 288 valence electrons. The second-order valence-corrected chi connectivity index (χ2v) is 12.5. The van der Waals surface area contributed by atoms with Gasteiger partial charge in [-0.05, 0) is 18.6 Å². The minimum Gasteiger partial charge on any atom is -0.454 e. The van der Waals surface area contributed by atoms with Gasteiger partial charge in [0, 0.05) is 11.1 Å².